The molecule has 1 aromatic carbocycles. The molecule has 1 aliphatic carbocycles. The first-order chi connectivity index (χ1) is 12.1. The van der Waals surface area contributed by atoms with E-state index in [2.05, 4.69) is 40.4 Å². The van der Waals surface area contributed by atoms with Gasteiger partial charge >= 0.3 is 0 Å². The van der Waals surface area contributed by atoms with Gasteiger partial charge in [0, 0.05) is 19.1 Å². The van der Waals surface area contributed by atoms with E-state index in [1.165, 1.54) is 44.1 Å². The summed E-state index contributed by atoms with van der Waals surface area (Å²) >= 11 is 0. The largest absolute Gasteiger partial charge is 0.438 e. The average Bonchev–Trinajstić information content (AvgIpc) is 3.07. The van der Waals surface area contributed by atoms with Crippen LogP contribution in [0.3, 0.4) is 0 Å². The summed E-state index contributed by atoms with van der Waals surface area (Å²) in [4.78, 5) is 18.7. The highest BCUT2D eigenvalue weighted by Crippen LogP contribution is 2.23. The van der Waals surface area contributed by atoms with Gasteiger partial charge in [-0.3, -0.25) is 9.69 Å². The Morgan fingerprint density at radius 1 is 1.24 bits per heavy atom. The second-order valence-electron chi connectivity index (χ2n) is 6.93. The molecule has 0 spiro atoms. The van der Waals surface area contributed by atoms with Crippen molar-refractivity contribution in [2.24, 2.45) is 0 Å². The van der Waals surface area contributed by atoms with Crippen LogP contribution in [0.25, 0.3) is 0 Å². The second kappa shape index (κ2) is 8.30. The maximum Gasteiger partial charge on any atom is 0.289 e. The molecule has 0 unspecified atom stereocenters. The molecule has 0 bridgehead atoms. The lowest BCUT2D eigenvalue weighted by Crippen LogP contribution is -2.33. The van der Waals surface area contributed by atoms with Crippen LogP contribution in [0.5, 0.6) is 0 Å². The Morgan fingerprint density at radius 2 is 1.96 bits per heavy atom. The molecule has 1 N–H and O–H groups in total. The molecule has 1 aliphatic rings. The number of rotatable bonds is 6. The second-order valence-corrected chi connectivity index (χ2v) is 6.93. The number of nitrogens with one attached hydrogen (secondary N) is 1. The van der Waals surface area contributed by atoms with Gasteiger partial charge in [-0.2, -0.15) is 0 Å². The summed E-state index contributed by atoms with van der Waals surface area (Å²) in [5.41, 5.74) is 3.03. The minimum Gasteiger partial charge on any atom is -0.438 e. The molecule has 0 atom stereocenters. The summed E-state index contributed by atoms with van der Waals surface area (Å²) in [7, 11) is 2.21. The number of amides is 1. The third-order valence-corrected chi connectivity index (χ3v) is 5.13. The molecule has 0 aliphatic heterocycles. The van der Waals surface area contributed by atoms with Crippen molar-refractivity contribution in [3.05, 3.63) is 53.2 Å². The highest BCUT2D eigenvalue weighted by molar-refractivity contribution is 5.92. The minimum atomic E-state index is -0.217. The highest BCUT2D eigenvalue weighted by Gasteiger charge is 2.19. The molecule has 1 heterocycles. The van der Waals surface area contributed by atoms with Gasteiger partial charge in [0.1, 0.15) is 0 Å². The summed E-state index contributed by atoms with van der Waals surface area (Å²) in [5, 5.41) is 2.94. The van der Waals surface area contributed by atoms with Gasteiger partial charge in [0.2, 0.25) is 5.76 Å². The first-order valence-electron chi connectivity index (χ1n) is 9.10. The predicted octanol–water partition coefficient (Wildman–Crippen LogP) is 3.68. The molecule has 1 aromatic heterocycles. The van der Waals surface area contributed by atoms with Gasteiger partial charge in [-0.15, -0.1) is 0 Å². The third kappa shape index (κ3) is 4.48. The quantitative estimate of drug-likeness (QED) is 0.871. The highest BCUT2D eigenvalue weighted by atomic mass is 16.3. The van der Waals surface area contributed by atoms with E-state index in [4.69, 9.17) is 4.42 Å². The van der Waals surface area contributed by atoms with Gasteiger partial charge in [0.05, 0.1) is 5.69 Å². The van der Waals surface area contributed by atoms with Crippen molar-refractivity contribution in [3.8, 4) is 0 Å². The summed E-state index contributed by atoms with van der Waals surface area (Å²) in [5.74, 6) is 0.0715. The van der Waals surface area contributed by atoms with Crippen LogP contribution in [0.4, 0.5) is 0 Å². The fourth-order valence-corrected chi connectivity index (χ4v) is 3.58. The molecular weight excluding hydrogens is 314 g/mol. The summed E-state index contributed by atoms with van der Waals surface area (Å²) in [6, 6.07) is 8.99. The van der Waals surface area contributed by atoms with Crippen LogP contribution in [-0.2, 0) is 13.1 Å². The standard InChI is InChI=1S/C20H27N3O2/c1-15-19(25-14-22-15)20(24)21-12-16-8-6-7-9-17(16)13-23(2)18-10-4-3-5-11-18/h6-9,14,18H,3-5,10-13H2,1-2H3,(H,21,24). The number of carbonyl (C=O) groups is 1. The van der Waals surface area contributed by atoms with Crippen LogP contribution in [0, 0.1) is 6.92 Å². The zero-order valence-corrected chi connectivity index (χ0v) is 15.1. The normalized spacial score (nSPS) is 15.5. The summed E-state index contributed by atoms with van der Waals surface area (Å²) in [6.45, 7) is 3.18. The molecule has 5 nitrogen and oxygen atoms in total. The Kier molecular flexibility index (Phi) is 5.87. The molecule has 1 saturated carbocycles. The Morgan fingerprint density at radius 3 is 2.64 bits per heavy atom. The SMILES string of the molecule is Cc1ncoc1C(=O)NCc1ccccc1CN(C)C1CCCCC1. The van der Waals surface area contributed by atoms with E-state index in [1.54, 1.807) is 6.92 Å². The maximum absolute atomic E-state index is 12.2. The number of carbonyl (C=O) groups excluding carboxylic acids is 1. The molecular formula is C20H27N3O2. The van der Waals surface area contributed by atoms with E-state index in [9.17, 15) is 4.79 Å². The van der Waals surface area contributed by atoms with Crippen LogP contribution in [0.1, 0.15) is 59.5 Å². The summed E-state index contributed by atoms with van der Waals surface area (Å²) in [6.07, 6.45) is 7.93. The van der Waals surface area contributed by atoms with Crippen molar-refractivity contribution in [1.82, 2.24) is 15.2 Å². The molecule has 1 amide bonds. The first-order valence-corrected chi connectivity index (χ1v) is 9.10. The smallest absolute Gasteiger partial charge is 0.289 e. The lowest BCUT2D eigenvalue weighted by molar-refractivity contribution is 0.0922. The molecule has 1 fully saturated rings. The van der Waals surface area contributed by atoms with Gasteiger partial charge in [0.25, 0.3) is 5.91 Å². The number of nitrogens with zero attached hydrogens (tertiary/aromatic N) is 2. The van der Waals surface area contributed by atoms with Crippen molar-refractivity contribution in [1.29, 1.82) is 0 Å². The van der Waals surface area contributed by atoms with Crippen molar-refractivity contribution in [2.45, 2.75) is 58.2 Å². The maximum atomic E-state index is 12.2. The molecule has 0 radical (unpaired) electrons. The van der Waals surface area contributed by atoms with E-state index in [0.29, 0.717) is 18.3 Å². The number of hydrogen-bond donors (Lipinski definition) is 1. The number of hydrogen-bond acceptors (Lipinski definition) is 4. The van der Waals surface area contributed by atoms with Crippen molar-refractivity contribution < 1.29 is 9.21 Å². The molecule has 5 heteroatoms. The average molecular weight is 341 g/mol. The minimum absolute atomic E-state index is 0.217. The Bertz CT molecular complexity index is 704. The zero-order chi connectivity index (χ0) is 17.6. The molecule has 2 aromatic rings. The fourth-order valence-electron chi connectivity index (χ4n) is 3.58. The monoisotopic (exact) mass is 341 g/mol. The Balaban J connectivity index is 1.62. The number of aromatic nitrogens is 1. The van der Waals surface area contributed by atoms with E-state index in [1.807, 2.05) is 6.07 Å². The van der Waals surface area contributed by atoms with Crippen LogP contribution in [-0.4, -0.2) is 28.9 Å². The van der Waals surface area contributed by atoms with Gasteiger partial charge in [0.15, 0.2) is 6.39 Å². The van der Waals surface area contributed by atoms with Gasteiger partial charge in [-0.05, 0) is 37.9 Å². The lowest BCUT2D eigenvalue weighted by Gasteiger charge is -2.31. The van der Waals surface area contributed by atoms with Crippen molar-refractivity contribution >= 4 is 5.91 Å². The molecule has 134 valence electrons. The van der Waals surface area contributed by atoms with E-state index >= 15 is 0 Å². The molecule has 3 rings (SSSR count). The van der Waals surface area contributed by atoms with Crippen LogP contribution < -0.4 is 5.32 Å². The number of aryl methyl sites for hydroxylation is 1. The third-order valence-electron chi connectivity index (χ3n) is 5.13. The summed E-state index contributed by atoms with van der Waals surface area (Å²) < 4.78 is 5.16. The first kappa shape index (κ1) is 17.7. The van der Waals surface area contributed by atoms with E-state index < -0.39 is 0 Å². The Hall–Kier alpha value is -2.14. The van der Waals surface area contributed by atoms with Gasteiger partial charge in [-0.1, -0.05) is 43.5 Å². The van der Waals surface area contributed by atoms with E-state index in [0.717, 1.165) is 12.1 Å². The topological polar surface area (TPSA) is 58.4 Å². The molecule has 0 saturated heterocycles. The van der Waals surface area contributed by atoms with Crippen molar-refractivity contribution in [3.63, 3.8) is 0 Å². The van der Waals surface area contributed by atoms with Crippen LogP contribution >= 0.6 is 0 Å². The zero-order valence-electron chi connectivity index (χ0n) is 15.1. The van der Waals surface area contributed by atoms with Crippen LogP contribution in [0.15, 0.2) is 35.1 Å². The number of oxazole rings is 1. The van der Waals surface area contributed by atoms with E-state index in [-0.39, 0.29) is 11.7 Å². The fraction of sp³-hybridized carbons (Fsp3) is 0.500. The van der Waals surface area contributed by atoms with Gasteiger partial charge < -0.3 is 9.73 Å². The van der Waals surface area contributed by atoms with Crippen molar-refractivity contribution in [2.75, 3.05) is 7.05 Å². The predicted molar refractivity (Wildman–Crippen MR) is 97.2 cm³/mol. The number of benzene rings is 1. The Labute approximate surface area is 149 Å². The lowest BCUT2D eigenvalue weighted by atomic mass is 9.94. The van der Waals surface area contributed by atoms with Gasteiger partial charge in [-0.25, -0.2) is 4.98 Å². The molecule has 25 heavy (non-hydrogen) atoms. The van der Waals surface area contributed by atoms with Crippen LogP contribution in [0.2, 0.25) is 0 Å².